The molecule has 4 nitrogen and oxygen atoms in total. The molecule has 0 bridgehead atoms. The fraction of sp³-hybridized carbons (Fsp3) is 0.562. The second kappa shape index (κ2) is 6.38. The summed E-state index contributed by atoms with van der Waals surface area (Å²) in [6.07, 6.45) is 0.703. The SMILES string of the molecule is CC(O)C1CCN(CC(=O)N2CCSc3ccccc32)C1. The van der Waals surface area contributed by atoms with Crippen molar-refractivity contribution in [2.75, 3.05) is 36.8 Å². The standard InChI is InChI=1S/C16H22N2O2S/c1-12(19)13-6-7-17(10-13)11-16(20)18-8-9-21-15-5-3-2-4-14(15)18/h2-5,12-13,19H,6-11H2,1H3. The number of fused-ring (bicyclic) bond motifs is 1. The van der Waals surface area contributed by atoms with Crippen molar-refractivity contribution >= 4 is 23.4 Å². The molecule has 2 aliphatic heterocycles. The smallest absolute Gasteiger partial charge is 0.241 e. The van der Waals surface area contributed by atoms with Crippen LogP contribution < -0.4 is 4.90 Å². The highest BCUT2D eigenvalue weighted by Gasteiger charge is 2.29. The summed E-state index contributed by atoms with van der Waals surface area (Å²) < 4.78 is 0. The van der Waals surface area contributed by atoms with E-state index in [4.69, 9.17) is 0 Å². The van der Waals surface area contributed by atoms with Gasteiger partial charge < -0.3 is 10.0 Å². The average molecular weight is 306 g/mol. The molecule has 2 aliphatic rings. The first-order chi connectivity index (χ1) is 10.1. The number of carbonyl (C=O) groups is 1. The van der Waals surface area contributed by atoms with Crippen LogP contribution in [0, 0.1) is 5.92 Å². The van der Waals surface area contributed by atoms with Crippen LogP contribution in [0.5, 0.6) is 0 Å². The Morgan fingerprint density at radius 3 is 3.00 bits per heavy atom. The quantitative estimate of drug-likeness (QED) is 0.925. The van der Waals surface area contributed by atoms with E-state index in [1.54, 1.807) is 0 Å². The Bertz CT molecular complexity index is 521. The maximum Gasteiger partial charge on any atom is 0.241 e. The van der Waals surface area contributed by atoms with Gasteiger partial charge in [0, 0.05) is 23.7 Å². The van der Waals surface area contributed by atoms with E-state index in [1.807, 2.05) is 41.8 Å². The van der Waals surface area contributed by atoms with E-state index in [1.165, 1.54) is 4.90 Å². The molecule has 3 rings (SSSR count). The number of thioether (sulfide) groups is 1. The Morgan fingerprint density at radius 1 is 1.43 bits per heavy atom. The molecule has 21 heavy (non-hydrogen) atoms. The zero-order valence-electron chi connectivity index (χ0n) is 12.4. The second-order valence-electron chi connectivity index (χ2n) is 5.89. The van der Waals surface area contributed by atoms with Crippen molar-refractivity contribution in [1.82, 2.24) is 4.90 Å². The molecule has 1 saturated heterocycles. The van der Waals surface area contributed by atoms with Crippen LogP contribution in [-0.4, -0.2) is 53.9 Å². The van der Waals surface area contributed by atoms with Crippen molar-refractivity contribution in [1.29, 1.82) is 0 Å². The van der Waals surface area contributed by atoms with Crippen LogP contribution >= 0.6 is 11.8 Å². The van der Waals surface area contributed by atoms with Crippen molar-refractivity contribution in [3.05, 3.63) is 24.3 Å². The molecule has 2 atom stereocenters. The van der Waals surface area contributed by atoms with E-state index in [0.29, 0.717) is 12.5 Å². The molecule has 0 saturated carbocycles. The highest BCUT2D eigenvalue weighted by molar-refractivity contribution is 7.99. The molecule has 0 spiro atoms. The van der Waals surface area contributed by atoms with Gasteiger partial charge in [0.25, 0.3) is 0 Å². The zero-order chi connectivity index (χ0) is 14.8. The molecule has 0 radical (unpaired) electrons. The summed E-state index contributed by atoms with van der Waals surface area (Å²) in [4.78, 5) is 17.9. The number of rotatable bonds is 3. The number of hydrogen-bond acceptors (Lipinski definition) is 4. The van der Waals surface area contributed by atoms with Crippen LogP contribution in [0.15, 0.2) is 29.2 Å². The summed E-state index contributed by atoms with van der Waals surface area (Å²) in [7, 11) is 0. The van der Waals surface area contributed by atoms with Gasteiger partial charge in [-0.1, -0.05) is 12.1 Å². The third kappa shape index (κ3) is 3.25. The number of hydrogen-bond donors (Lipinski definition) is 1. The van der Waals surface area contributed by atoms with Crippen molar-refractivity contribution in [3.63, 3.8) is 0 Å². The first-order valence-corrected chi connectivity index (χ1v) is 8.56. The van der Waals surface area contributed by atoms with Gasteiger partial charge in [0.1, 0.15) is 0 Å². The van der Waals surface area contributed by atoms with Crippen molar-refractivity contribution in [2.24, 2.45) is 5.92 Å². The van der Waals surface area contributed by atoms with Gasteiger partial charge in [0.2, 0.25) is 5.91 Å². The van der Waals surface area contributed by atoms with Gasteiger partial charge in [-0.15, -0.1) is 11.8 Å². The molecular weight excluding hydrogens is 284 g/mol. The molecule has 1 aromatic rings. The number of anilines is 1. The van der Waals surface area contributed by atoms with Crippen LogP contribution in [0.3, 0.4) is 0 Å². The van der Waals surface area contributed by atoms with Gasteiger partial charge in [0.15, 0.2) is 0 Å². The first-order valence-electron chi connectivity index (χ1n) is 7.58. The number of nitrogens with zero attached hydrogens (tertiary/aromatic N) is 2. The number of amides is 1. The van der Waals surface area contributed by atoms with E-state index in [-0.39, 0.29) is 12.0 Å². The van der Waals surface area contributed by atoms with Gasteiger partial charge in [-0.3, -0.25) is 9.69 Å². The monoisotopic (exact) mass is 306 g/mol. The normalized spacial score (nSPS) is 23.9. The van der Waals surface area contributed by atoms with Crippen molar-refractivity contribution in [3.8, 4) is 0 Å². The maximum atomic E-state index is 12.6. The molecule has 2 heterocycles. The van der Waals surface area contributed by atoms with Gasteiger partial charge in [-0.25, -0.2) is 0 Å². The molecular formula is C16H22N2O2S. The largest absolute Gasteiger partial charge is 0.393 e. The van der Waals surface area contributed by atoms with E-state index >= 15 is 0 Å². The number of aliphatic hydroxyl groups is 1. The van der Waals surface area contributed by atoms with Crippen LogP contribution in [0.2, 0.25) is 0 Å². The third-order valence-electron chi connectivity index (χ3n) is 4.38. The fourth-order valence-electron chi connectivity index (χ4n) is 3.11. The first kappa shape index (κ1) is 14.9. The molecule has 1 N–H and O–H groups in total. The Morgan fingerprint density at radius 2 is 2.24 bits per heavy atom. The predicted molar refractivity (Wildman–Crippen MR) is 85.7 cm³/mol. The molecule has 5 heteroatoms. The van der Waals surface area contributed by atoms with E-state index in [0.717, 1.165) is 37.5 Å². The summed E-state index contributed by atoms with van der Waals surface area (Å²) in [5.41, 5.74) is 1.05. The van der Waals surface area contributed by atoms with E-state index in [2.05, 4.69) is 11.0 Å². The average Bonchev–Trinajstić information content (AvgIpc) is 2.95. The minimum absolute atomic E-state index is 0.175. The number of carbonyl (C=O) groups excluding carboxylic acids is 1. The zero-order valence-corrected chi connectivity index (χ0v) is 13.2. The Labute approximate surface area is 130 Å². The highest BCUT2D eigenvalue weighted by atomic mass is 32.2. The molecule has 1 aromatic carbocycles. The minimum atomic E-state index is -0.280. The van der Waals surface area contributed by atoms with Gasteiger partial charge >= 0.3 is 0 Å². The summed E-state index contributed by atoms with van der Waals surface area (Å²) in [5.74, 6) is 1.44. The van der Waals surface area contributed by atoms with Gasteiger partial charge in [-0.05, 0) is 37.9 Å². The minimum Gasteiger partial charge on any atom is -0.393 e. The molecule has 1 amide bonds. The van der Waals surface area contributed by atoms with Gasteiger partial charge in [0.05, 0.1) is 18.3 Å². The second-order valence-corrected chi connectivity index (χ2v) is 7.02. The lowest BCUT2D eigenvalue weighted by Crippen LogP contribution is -2.42. The van der Waals surface area contributed by atoms with E-state index in [9.17, 15) is 9.90 Å². The highest BCUT2D eigenvalue weighted by Crippen LogP contribution is 2.34. The van der Waals surface area contributed by atoms with Crippen molar-refractivity contribution < 1.29 is 9.90 Å². The molecule has 2 unspecified atom stereocenters. The Kier molecular flexibility index (Phi) is 4.52. The topological polar surface area (TPSA) is 43.8 Å². The summed E-state index contributed by atoms with van der Waals surface area (Å²) >= 11 is 1.82. The molecule has 0 aromatic heterocycles. The number of benzene rings is 1. The Balaban J connectivity index is 1.65. The Hall–Kier alpha value is -1.04. The van der Waals surface area contributed by atoms with Crippen LogP contribution in [0.1, 0.15) is 13.3 Å². The van der Waals surface area contributed by atoms with Crippen LogP contribution in [0.4, 0.5) is 5.69 Å². The number of likely N-dealkylation sites (tertiary alicyclic amines) is 1. The molecule has 114 valence electrons. The molecule has 1 fully saturated rings. The summed E-state index contributed by atoms with van der Waals surface area (Å²) in [5, 5.41) is 9.66. The van der Waals surface area contributed by atoms with Crippen LogP contribution in [0.25, 0.3) is 0 Å². The summed E-state index contributed by atoms with van der Waals surface area (Å²) in [6.45, 7) is 4.82. The maximum absolute atomic E-state index is 12.6. The molecule has 0 aliphatic carbocycles. The number of para-hydroxylation sites is 1. The lowest BCUT2D eigenvalue weighted by Gasteiger charge is -2.30. The lowest BCUT2D eigenvalue weighted by atomic mass is 10.0. The van der Waals surface area contributed by atoms with Gasteiger partial charge in [-0.2, -0.15) is 0 Å². The fourth-order valence-corrected chi connectivity index (χ4v) is 4.10. The number of aliphatic hydroxyl groups excluding tert-OH is 1. The lowest BCUT2D eigenvalue weighted by molar-refractivity contribution is -0.119. The van der Waals surface area contributed by atoms with Crippen molar-refractivity contribution in [2.45, 2.75) is 24.3 Å². The third-order valence-corrected chi connectivity index (χ3v) is 5.42. The predicted octanol–water partition coefficient (Wildman–Crippen LogP) is 1.83. The van der Waals surface area contributed by atoms with E-state index < -0.39 is 0 Å². The summed E-state index contributed by atoms with van der Waals surface area (Å²) in [6, 6.07) is 8.12. The van der Waals surface area contributed by atoms with Crippen LogP contribution in [-0.2, 0) is 4.79 Å².